The van der Waals surface area contributed by atoms with Gasteiger partial charge in [0.25, 0.3) is 0 Å². The second-order valence-electron chi connectivity index (χ2n) is 3.13. The zero-order valence-corrected chi connectivity index (χ0v) is 6.87. The maximum Gasteiger partial charge on any atom is 0.107 e. The molecular formula is C7H14OS. The van der Waals surface area contributed by atoms with Gasteiger partial charge >= 0.3 is 0 Å². The van der Waals surface area contributed by atoms with Gasteiger partial charge in [-0.2, -0.15) is 0 Å². The van der Waals surface area contributed by atoms with E-state index in [1.54, 1.807) is 11.8 Å². The van der Waals surface area contributed by atoms with Gasteiger partial charge in [0.2, 0.25) is 0 Å². The van der Waals surface area contributed by atoms with Crippen LogP contribution in [0.15, 0.2) is 0 Å². The third-order valence-electron chi connectivity index (χ3n) is 1.78. The van der Waals surface area contributed by atoms with Crippen molar-refractivity contribution in [3.63, 3.8) is 0 Å². The zero-order valence-electron chi connectivity index (χ0n) is 6.05. The first-order valence-electron chi connectivity index (χ1n) is 3.46. The Labute approximate surface area is 60.8 Å². The Balaban J connectivity index is 2.35. The van der Waals surface area contributed by atoms with Crippen molar-refractivity contribution in [3.05, 3.63) is 0 Å². The summed E-state index contributed by atoms with van der Waals surface area (Å²) in [5.74, 6) is 1.92. The van der Waals surface area contributed by atoms with E-state index in [0.29, 0.717) is 0 Å². The van der Waals surface area contributed by atoms with Crippen molar-refractivity contribution >= 4 is 11.8 Å². The van der Waals surface area contributed by atoms with Gasteiger partial charge < -0.3 is 5.11 Å². The van der Waals surface area contributed by atoms with Crippen LogP contribution in [0.1, 0.15) is 26.7 Å². The molecule has 1 nitrogen and oxygen atoms in total. The third kappa shape index (κ3) is 2.18. The van der Waals surface area contributed by atoms with E-state index in [4.69, 9.17) is 0 Å². The number of thioether (sulfide) groups is 1. The molecule has 9 heavy (non-hydrogen) atoms. The van der Waals surface area contributed by atoms with E-state index in [1.165, 1.54) is 6.42 Å². The SMILES string of the molecule is CC1CCC(C)(O)SC1. The number of rotatable bonds is 0. The summed E-state index contributed by atoms with van der Waals surface area (Å²) in [5.41, 5.74) is 0. The minimum absolute atomic E-state index is 0.424. The van der Waals surface area contributed by atoms with Gasteiger partial charge in [-0.15, -0.1) is 11.8 Å². The van der Waals surface area contributed by atoms with Crippen molar-refractivity contribution in [2.75, 3.05) is 5.75 Å². The van der Waals surface area contributed by atoms with Crippen LogP contribution in [0, 0.1) is 5.92 Å². The van der Waals surface area contributed by atoms with Crippen LogP contribution in [0.4, 0.5) is 0 Å². The molecule has 0 radical (unpaired) electrons. The fourth-order valence-corrected chi connectivity index (χ4v) is 2.06. The first-order chi connectivity index (χ1) is 4.10. The molecule has 0 saturated carbocycles. The van der Waals surface area contributed by atoms with Crippen LogP contribution in [-0.4, -0.2) is 15.8 Å². The highest BCUT2D eigenvalue weighted by molar-refractivity contribution is 8.00. The molecule has 2 unspecified atom stereocenters. The van der Waals surface area contributed by atoms with Crippen LogP contribution in [0.25, 0.3) is 0 Å². The average Bonchev–Trinajstić information content (AvgIpc) is 1.78. The molecule has 1 heterocycles. The molecule has 0 amide bonds. The van der Waals surface area contributed by atoms with Crippen LogP contribution in [0.2, 0.25) is 0 Å². The molecule has 0 aromatic heterocycles. The van der Waals surface area contributed by atoms with E-state index in [1.807, 2.05) is 6.92 Å². The molecule has 1 aliphatic rings. The minimum atomic E-state index is -0.424. The summed E-state index contributed by atoms with van der Waals surface area (Å²) in [7, 11) is 0. The predicted octanol–water partition coefficient (Wildman–Crippen LogP) is 1.86. The Morgan fingerprint density at radius 1 is 1.67 bits per heavy atom. The van der Waals surface area contributed by atoms with Gasteiger partial charge in [-0.25, -0.2) is 0 Å². The van der Waals surface area contributed by atoms with E-state index in [9.17, 15) is 5.11 Å². The summed E-state index contributed by atoms with van der Waals surface area (Å²) in [6.07, 6.45) is 2.14. The minimum Gasteiger partial charge on any atom is -0.380 e. The lowest BCUT2D eigenvalue weighted by Crippen LogP contribution is -2.26. The Kier molecular flexibility index (Phi) is 2.07. The second-order valence-corrected chi connectivity index (χ2v) is 4.63. The Morgan fingerprint density at radius 3 is 2.67 bits per heavy atom. The van der Waals surface area contributed by atoms with Crippen LogP contribution in [0.5, 0.6) is 0 Å². The molecule has 1 saturated heterocycles. The first-order valence-corrected chi connectivity index (χ1v) is 4.45. The van der Waals surface area contributed by atoms with E-state index < -0.39 is 4.93 Å². The topological polar surface area (TPSA) is 20.2 Å². The van der Waals surface area contributed by atoms with Gasteiger partial charge in [0, 0.05) is 0 Å². The molecule has 1 rings (SSSR count). The molecule has 2 heteroatoms. The van der Waals surface area contributed by atoms with Crippen molar-refractivity contribution in [1.82, 2.24) is 0 Å². The maximum absolute atomic E-state index is 9.46. The summed E-state index contributed by atoms with van der Waals surface area (Å²) in [6, 6.07) is 0. The second kappa shape index (κ2) is 2.51. The standard InChI is InChI=1S/C7H14OS/c1-6-3-4-7(2,8)9-5-6/h6,8H,3-5H2,1-2H3. The number of hydrogen-bond donors (Lipinski definition) is 1. The number of hydrogen-bond acceptors (Lipinski definition) is 2. The van der Waals surface area contributed by atoms with E-state index in [-0.39, 0.29) is 0 Å². The van der Waals surface area contributed by atoms with Crippen LogP contribution in [0.3, 0.4) is 0 Å². The smallest absolute Gasteiger partial charge is 0.107 e. The fraction of sp³-hybridized carbons (Fsp3) is 1.00. The summed E-state index contributed by atoms with van der Waals surface area (Å²) >= 11 is 1.68. The molecule has 54 valence electrons. The van der Waals surface area contributed by atoms with Gasteiger partial charge in [0.1, 0.15) is 4.93 Å². The largest absolute Gasteiger partial charge is 0.380 e. The first kappa shape index (κ1) is 7.42. The third-order valence-corrected chi connectivity index (χ3v) is 3.34. The summed E-state index contributed by atoms with van der Waals surface area (Å²) in [5, 5.41) is 9.46. The zero-order chi connectivity index (χ0) is 6.91. The van der Waals surface area contributed by atoms with Gasteiger partial charge in [-0.1, -0.05) is 6.92 Å². The normalized spacial score (nSPS) is 45.0. The highest BCUT2D eigenvalue weighted by Gasteiger charge is 2.26. The van der Waals surface area contributed by atoms with Crippen molar-refractivity contribution in [2.45, 2.75) is 31.6 Å². The van der Waals surface area contributed by atoms with Crippen molar-refractivity contribution < 1.29 is 5.11 Å². The van der Waals surface area contributed by atoms with E-state index >= 15 is 0 Å². The molecule has 1 aliphatic heterocycles. The molecule has 0 bridgehead atoms. The molecule has 1 N–H and O–H groups in total. The van der Waals surface area contributed by atoms with Gasteiger partial charge in [0.05, 0.1) is 0 Å². The van der Waals surface area contributed by atoms with Crippen molar-refractivity contribution in [3.8, 4) is 0 Å². The summed E-state index contributed by atoms with van der Waals surface area (Å²) in [4.78, 5) is -0.424. The van der Waals surface area contributed by atoms with Crippen LogP contribution >= 0.6 is 11.8 Å². The van der Waals surface area contributed by atoms with Gasteiger partial charge in [-0.05, 0) is 31.4 Å². The van der Waals surface area contributed by atoms with Gasteiger partial charge in [-0.3, -0.25) is 0 Å². The highest BCUT2D eigenvalue weighted by atomic mass is 32.2. The molecule has 0 spiro atoms. The molecule has 1 fully saturated rings. The molecule has 0 aliphatic carbocycles. The molecule has 0 aromatic carbocycles. The lowest BCUT2D eigenvalue weighted by Gasteiger charge is -2.30. The Morgan fingerprint density at radius 2 is 2.33 bits per heavy atom. The van der Waals surface area contributed by atoms with Gasteiger partial charge in [0.15, 0.2) is 0 Å². The summed E-state index contributed by atoms with van der Waals surface area (Å²) in [6.45, 7) is 4.14. The molecule has 2 atom stereocenters. The predicted molar refractivity (Wildman–Crippen MR) is 41.5 cm³/mol. The highest BCUT2D eigenvalue weighted by Crippen LogP contribution is 2.35. The monoisotopic (exact) mass is 146 g/mol. The maximum atomic E-state index is 9.46. The summed E-state index contributed by atoms with van der Waals surface area (Å²) < 4.78 is 0. The molecular weight excluding hydrogens is 132 g/mol. The fourth-order valence-electron chi connectivity index (χ4n) is 0.992. The van der Waals surface area contributed by atoms with E-state index in [2.05, 4.69) is 6.92 Å². The van der Waals surface area contributed by atoms with Crippen LogP contribution < -0.4 is 0 Å². The lowest BCUT2D eigenvalue weighted by atomic mass is 10.0. The van der Waals surface area contributed by atoms with Crippen molar-refractivity contribution in [1.29, 1.82) is 0 Å². The Bertz CT molecular complexity index is 91.1. The molecule has 0 aromatic rings. The lowest BCUT2D eigenvalue weighted by molar-refractivity contribution is 0.133. The van der Waals surface area contributed by atoms with Crippen molar-refractivity contribution in [2.24, 2.45) is 5.92 Å². The van der Waals surface area contributed by atoms with E-state index in [0.717, 1.165) is 18.1 Å². The Hall–Kier alpha value is 0.310. The number of aliphatic hydroxyl groups is 1. The average molecular weight is 146 g/mol. The quantitative estimate of drug-likeness (QED) is 0.563. The van der Waals surface area contributed by atoms with Crippen LogP contribution in [-0.2, 0) is 0 Å².